The predicted octanol–water partition coefficient (Wildman–Crippen LogP) is 6.60. The van der Waals surface area contributed by atoms with E-state index in [1.54, 1.807) is 62.4 Å². The fourth-order valence-corrected chi connectivity index (χ4v) is 3.91. The van der Waals surface area contributed by atoms with E-state index in [4.69, 9.17) is 11.6 Å². The molecule has 3 aromatic rings. The van der Waals surface area contributed by atoms with Gasteiger partial charge in [0.2, 0.25) is 11.8 Å². The number of aryl methyl sites for hydroxylation is 1. The third-order valence-electron chi connectivity index (χ3n) is 6.07. The highest BCUT2D eigenvalue weighted by Gasteiger charge is 2.30. The van der Waals surface area contributed by atoms with Crippen LogP contribution in [0.4, 0.5) is 17.6 Å². The van der Waals surface area contributed by atoms with Crippen LogP contribution in [0.25, 0.3) is 0 Å². The summed E-state index contributed by atoms with van der Waals surface area (Å²) in [6, 6.07) is 17.8. The molecule has 0 aliphatic heterocycles. The first-order valence-corrected chi connectivity index (χ1v) is 12.6. The molecule has 0 bridgehead atoms. The number of carbonyl (C=O) groups excluding carboxylic acids is 2. The maximum absolute atomic E-state index is 14.0. The molecule has 0 aliphatic rings. The molecule has 1 unspecified atom stereocenters. The van der Waals surface area contributed by atoms with Gasteiger partial charge in [0.25, 0.3) is 0 Å². The molecule has 3 aromatic carbocycles. The maximum atomic E-state index is 14.0. The number of rotatable bonds is 10. The number of hydrogen-bond acceptors (Lipinski definition) is 3. The third-order valence-corrected chi connectivity index (χ3v) is 6.32. The molecule has 0 spiro atoms. The van der Waals surface area contributed by atoms with Gasteiger partial charge < -0.3 is 5.32 Å². The lowest BCUT2D eigenvalue weighted by Gasteiger charge is -2.20. The molecule has 3 rings (SSSR count). The zero-order valence-corrected chi connectivity index (χ0v) is 22.2. The van der Waals surface area contributed by atoms with Crippen LogP contribution in [0.3, 0.4) is 0 Å². The number of alkyl halides is 3. The van der Waals surface area contributed by atoms with Gasteiger partial charge in [-0.2, -0.15) is 18.3 Å². The average Bonchev–Trinajstić information content (AvgIpc) is 2.90. The Hall–Kier alpha value is -3.72. The van der Waals surface area contributed by atoms with E-state index >= 15 is 0 Å². The molecule has 1 N–H and O–H groups in total. The Morgan fingerprint density at radius 1 is 1.03 bits per heavy atom. The van der Waals surface area contributed by atoms with Crippen molar-refractivity contribution in [3.63, 3.8) is 0 Å². The highest BCUT2D eigenvalue weighted by Crippen LogP contribution is 2.31. The molecule has 0 heterocycles. The zero-order valence-electron chi connectivity index (χ0n) is 21.4. The lowest BCUT2D eigenvalue weighted by Crippen LogP contribution is -2.39. The SMILES string of the molecule is C/C(=N\N(CC(=O)NCC(C)c1cccc(C(F)(F)F)c1)C(=O)CCc1ccccc1F)c1ccc(Cl)cc1. The summed E-state index contributed by atoms with van der Waals surface area (Å²) in [6.07, 6.45) is -4.44. The number of amides is 2. The molecule has 1 atom stereocenters. The summed E-state index contributed by atoms with van der Waals surface area (Å²) >= 11 is 5.95. The van der Waals surface area contributed by atoms with Gasteiger partial charge in [0.05, 0.1) is 11.3 Å². The Balaban J connectivity index is 1.71. The Kier molecular flexibility index (Phi) is 10.2. The minimum Gasteiger partial charge on any atom is -0.354 e. The number of hydrazone groups is 1. The minimum atomic E-state index is -4.47. The Morgan fingerprint density at radius 3 is 2.38 bits per heavy atom. The van der Waals surface area contributed by atoms with Crippen molar-refractivity contribution in [1.29, 1.82) is 0 Å². The molecule has 0 saturated carbocycles. The predicted molar refractivity (Wildman–Crippen MR) is 143 cm³/mol. The Bertz CT molecular complexity index is 1330. The van der Waals surface area contributed by atoms with Gasteiger partial charge in [-0.15, -0.1) is 0 Å². The molecule has 0 saturated heterocycles. The van der Waals surface area contributed by atoms with Crippen molar-refractivity contribution < 1.29 is 27.2 Å². The Labute approximate surface area is 229 Å². The highest BCUT2D eigenvalue weighted by molar-refractivity contribution is 6.30. The standard InChI is InChI=1S/C29H28ClF4N3O2/c1-19(23-7-5-8-24(16-23)29(32,33)34)17-35-27(38)18-37(36-20(2)21-10-13-25(30)14-11-21)28(39)15-12-22-6-3-4-9-26(22)31/h3-11,13-14,16,19H,12,15,17-18H2,1-2H3,(H,35,38)/b36-20+. The van der Waals surface area contributed by atoms with Crippen LogP contribution in [0.2, 0.25) is 5.02 Å². The summed E-state index contributed by atoms with van der Waals surface area (Å²) in [4.78, 5) is 25.8. The van der Waals surface area contributed by atoms with E-state index in [2.05, 4.69) is 10.4 Å². The average molecular weight is 562 g/mol. The van der Waals surface area contributed by atoms with Crippen LogP contribution in [0.1, 0.15) is 48.4 Å². The summed E-state index contributed by atoms with van der Waals surface area (Å²) in [7, 11) is 0. The quantitative estimate of drug-likeness (QED) is 0.172. The van der Waals surface area contributed by atoms with E-state index in [9.17, 15) is 27.2 Å². The molecule has 0 aromatic heterocycles. The van der Waals surface area contributed by atoms with Crippen molar-refractivity contribution in [3.05, 3.63) is 106 Å². The van der Waals surface area contributed by atoms with Gasteiger partial charge in [0, 0.05) is 18.0 Å². The van der Waals surface area contributed by atoms with Crippen LogP contribution in [-0.4, -0.2) is 35.6 Å². The first-order valence-electron chi connectivity index (χ1n) is 12.2. The van der Waals surface area contributed by atoms with E-state index in [1.165, 1.54) is 12.1 Å². The van der Waals surface area contributed by atoms with Gasteiger partial charge in [-0.25, -0.2) is 9.40 Å². The van der Waals surface area contributed by atoms with E-state index in [0.717, 1.165) is 17.1 Å². The summed E-state index contributed by atoms with van der Waals surface area (Å²) in [6.45, 7) is 3.00. The summed E-state index contributed by atoms with van der Waals surface area (Å²) in [5.74, 6) is -1.88. The molecule has 206 valence electrons. The second-order valence-corrected chi connectivity index (χ2v) is 9.50. The van der Waals surface area contributed by atoms with Gasteiger partial charge in [-0.05, 0) is 60.2 Å². The molecule has 5 nitrogen and oxygen atoms in total. The number of halogens is 5. The molecule has 2 amide bonds. The number of benzene rings is 3. The van der Waals surface area contributed by atoms with Gasteiger partial charge >= 0.3 is 6.18 Å². The van der Waals surface area contributed by atoms with Crippen LogP contribution < -0.4 is 5.32 Å². The van der Waals surface area contributed by atoms with E-state index in [0.29, 0.717) is 27.4 Å². The minimum absolute atomic E-state index is 0.0529. The van der Waals surface area contributed by atoms with Crippen molar-refractivity contribution >= 4 is 29.1 Å². The maximum Gasteiger partial charge on any atom is 0.416 e. The van der Waals surface area contributed by atoms with E-state index < -0.39 is 41.8 Å². The number of nitrogens with one attached hydrogen (secondary N) is 1. The lowest BCUT2D eigenvalue weighted by molar-refractivity contribution is -0.137. The summed E-state index contributed by atoms with van der Waals surface area (Å²) in [5.41, 5.74) is 1.15. The smallest absolute Gasteiger partial charge is 0.354 e. The fourth-order valence-electron chi connectivity index (χ4n) is 3.78. The van der Waals surface area contributed by atoms with Crippen molar-refractivity contribution in [3.8, 4) is 0 Å². The molecule has 0 fully saturated rings. The summed E-state index contributed by atoms with van der Waals surface area (Å²) in [5, 5.41) is 8.57. The van der Waals surface area contributed by atoms with E-state index in [1.807, 2.05) is 0 Å². The van der Waals surface area contributed by atoms with Crippen LogP contribution in [0.5, 0.6) is 0 Å². The van der Waals surface area contributed by atoms with E-state index in [-0.39, 0.29) is 19.4 Å². The van der Waals surface area contributed by atoms with Crippen molar-refractivity contribution in [2.45, 2.75) is 38.8 Å². The van der Waals surface area contributed by atoms with Gasteiger partial charge in [-0.1, -0.05) is 67.1 Å². The largest absolute Gasteiger partial charge is 0.416 e. The molecular weight excluding hydrogens is 534 g/mol. The van der Waals surface area contributed by atoms with Gasteiger partial charge in [-0.3, -0.25) is 9.59 Å². The molecule has 10 heteroatoms. The topological polar surface area (TPSA) is 61.8 Å². The lowest BCUT2D eigenvalue weighted by atomic mass is 9.99. The van der Waals surface area contributed by atoms with Gasteiger partial charge in [0.15, 0.2) is 0 Å². The van der Waals surface area contributed by atoms with Crippen LogP contribution in [0, 0.1) is 5.82 Å². The first-order chi connectivity index (χ1) is 18.4. The normalized spacial score (nSPS) is 12.6. The molecular formula is C29H28ClF4N3O2. The van der Waals surface area contributed by atoms with Crippen molar-refractivity contribution in [1.82, 2.24) is 10.3 Å². The molecule has 39 heavy (non-hydrogen) atoms. The van der Waals surface area contributed by atoms with Crippen molar-refractivity contribution in [2.24, 2.45) is 5.10 Å². The number of carbonyl (C=O) groups is 2. The number of hydrogen-bond donors (Lipinski definition) is 1. The summed E-state index contributed by atoms with van der Waals surface area (Å²) < 4.78 is 53.2. The Morgan fingerprint density at radius 2 is 1.72 bits per heavy atom. The zero-order chi connectivity index (χ0) is 28.6. The highest BCUT2D eigenvalue weighted by atomic mass is 35.5. The molecule has 0 aliphatic carbocycles. The monoisotopic (exact) mass is 561 g/mol. The van der Waals surface area contributed by atoms with Crippen LogP contribution in [-0.2, 0) is 22.2 Å². The van der Waals surface area contributed by atoms with Gasteiger partial charge in [0.1, 0.15) is 12.4 Å². The van der Waals surface area contributed by atoms with Crippen LogP contribution in [0.15, 0.2) is 77.9 Å². The first kappa shape index (κ1) is 29.8. The second kappa shape index (κ2) is 13.4. The molecule has 0 radical (unpaired) electrons. The fraction of sp³-hybridized carbons (Fsp3) is 0.276. The number of nitrogens with zero attached hydrogens (tertiary/aromatic N) is 2. The second-order valence-electron chi connectivity index (χ2n) is 9.06. The van der Waals surface area contributed by atoms with Crippen molar-refractivity contribution in [2.75, 3.05) is 13.1 Å². The third kappa shape index (κ3) is 8.92. The van der Waals surface area contributed by atoms with Crippen LogP contribution >= 0.6 is 11.6 Å².